The predicted molar refractivity (Wildman–Crippen MR) is 78.1 cm³/mol. The van der Waals surface area contributed by atoms with E-state index in [9.17, 15) is 9.59 Å². The van der Waals surface area contributed by atoms with Gasteiger partial charge in [0.05, 0.1) is 18.5 Å². The van der Waals surface area contributed by atoms with Gasteiger partial charge in [0, 0.05) is 19.0 Å². The molecule has 7 nitrogen and oxygen atoms in total. The average Bonchev–Trinajstić information content (AvgIpc) is 2.45. The fraction of sp³-hybridized carbons (Fsp3) is 0.357. The highest BCUT2D eigenvalue weighted by Crippen LogP contribution is 2.36. The first kappa shape index (κ1) is 13.4. The lowest BCUT2D eigenvalue weighted by Gasteiger charge is -2.32. The Morgan fingerprint density at radius 3 is 2.90 bits per heavy atom. The van der Waals surface area contributed by atoms with Crippen LogP contribution in [-0.2, 0) is 4.74 Å². The van der Waals surface area contributed by atoms with Gasteiger partial charge in [-0.15, -0.1) is 0 Å². The molecule has 2 heterocycles. The fourth-order valence-corrected chi connectivity index (χ4v) is 2.57. The maximum absolute atomic E-state index is 11.9. The number of anilines is 1. The summed E-state index contributed by atoms with van der Waals surface area (Å²) in [5, 5.41) is 0. The van der Waals surface area contributed by atoms with Gasteiger partial charge in [0.25, 0.3) is 5.56 Å². The van der Waals surface area contributed by atoms with Crippen molar-refractivity contribution in [1.29, 1.82) is 0 Å². The van der Waals surface area contributed by atoms with Crippen LogP contribution in [0.2, 0.25) is 0 Å². The number of methoxy groups -OCH3 is 1. The quantitative estimate of drug-likeness (QED) is 0.890. The van der Waals surface area contributed by atoms with Crippen molar-refractivity contribution in [3.63, 3.8) is 0 Å². The molecular formula is C14H15N3O4. The molecular weight excluding hydrogens is 274 g/mol. The number of fused-ring (bicyclic) bond motifs is 2. The third-order valence-corrected chi connectivity index (χ3v) is 3.56. The number of aromatic nitrogens is 1. The van der Waals surface area contributed by atoms with Crippen molar-refractivity contribution in [2.75, 3.05) is 18.6 Å². The largest absolute Gasteiger partial charge is 0.497 e. The molecule has 0 atom stereocenters. The summed E-state index contributed by atoms with van der Waals surface area (Å²) in [6.07, 6.45) is 2.44. The van der Waals surface area contributed by atoms with Crippen LogP contribution in [0.4, 0.5) is 11.6 Å². The molecule has 21 heavy (non-hydrogen) atoms. The zero-order chi connectivity index (χ0) is 15.1. The summed E-state index contributed by atoms with van der Waals surface area (Å²) in [6, 6.07) is 0. The highest BCUT2D eigenvalue weighted by molar-refractivity contribution is 6.09. The number of aliphatic imine (C=N–C) groups is 1. The lowest BCUT2D eigenvalue weighted by atomic mass is 9.98. The minimum absolute atomic E-state index is 0.136. The number of hydrogen-bond donors (Lipinski definition) is 1. The Balaban J connectivity index is 2.26. The van der Waals surface area contributed by atoms with E-state index in [0.717, 1.165) is 22.7 Å². The Labute approximate surface area is 120 Å². The molecule has 3 rings (SSSR count). The molecule has 110 valence electrons. The number of ether oxygens (including phenoxy) is 1. The number of allylic oxidation sites excluding steroid dienone is 3. The van der Waals surface area contributed by atoms with Crippen molar-refractivity contribution < 1.29 is 9.15 Å². The zero-order valence-corrected chi connectivity index (χ0v) is 12.0. The molecule has 0 radical (unpaired) electrons. The molecule has 2 aliphatic rings. The topological polar surface area (TPSA) is 87.9 Å². The molecule has 0 fully saturated rings. The molecule has 1 aromatic heterocycles. The molecule has 0 saturated carbocycles. The third-order valence-electron chi connectivity index (χ3n) is 3.56. The second-order valence-electron chi connectivity index (χ2n) is 4.86. The van der Waals surface area contributed by atoms with E-state index in [1.807, 2.05) is 19.9 Å². The van der Waals surface area contributed by atoms with Crippen molar-refractivity contribution in [3.05, 3.63) is 44.0 Å². The highest BCUT2D eigenvalue weighted by Gasteiger charge is 2.31. The number of nitrogens with zero attached hydrogens (tertiary/aromatic N) is 2. The Bertz CT molecular complexity index is 810. The molecule has 0 saturated heterocycles. The van der Waals surface area contributed by atoms with Gasteiger partial charge in [-0.25, -0.2) is 9.79 Å². The number of H-pyrrole nitrogens is 1. The van der Waals surface area contributed by atoms with Gasteiger partial charge < -0.3 is 14.1 Å². The summed E-state index contributed by atoms with van der Waals surface area (Å²) in [4.78, 5) is 31.6. The van der Waals surface area contributed by atoms with Crippen molar-refractivity contribution in [3.8, 4) is 0 Å². The summed E-state index contributed by atoms with van der Waals surface area (Å²) in [6.45, 7) is 4.41. The fourth-order valence-electron chi connectivity index (χ4n) is 2.57. The molecule has 1 aliphatic carbocycles. The molecule has 0 spiro atoms. The van der Waals surface area contributed by atoms with Crippen LogP contribution >= 0.6 is 0 Å². The zero-order valence-electron chi connectivity index (χ0n) is 12.0. The smallest absolute Gasteiger partial charge is 0.420 e. The van der Waals surface area contributed by atoms with Crippen LogP contribution in [-0.4, -0.2) is 24.4 Å². The van der Waals surface area contributed by atoms with E-state index in [4.69, 9.17) is 9.15 Å². The molecule has 0 aromatic carbocycles. The van der Waals surface area contributed by atoms with Crippen LogP contribution in [0.25, 0.3) is 0 Å². The molecule has 0 amide bonds. The van der Waals surface area contributed by atoms with Gasteiger partial charge in [0.1, 0.15) is 5.76 Å². The Morgan fingerprint density at radius 2 is 2.24 bits per heavy atom. The van der Waals surface area contributed by atoms with E-state index >= 15 is 0 Å². The maximum Gasteiger partial charge on any atom is 0.420 e. The van der Waals surface area contributed by atoms with E-state index < -0.39 is 11.3 Å². The van der Waals surface area contributed by atoms with Gasteiger partial charge in [-0.3, -0.25) is 9.78 Å². The summed E-state index contributed by atoms with van der Waals surface area (Å²) < 4.78 is 10.5. The number of nitrogens with one attached hydrogen (secondary N) is 1. The summed E-state index contributed by atoms with van der Waals surface area (Å²) in [5.74, 6) is 0.153. The maximum atomic E-state index is 11.9. The lowest BCUT2D eigenvalue weighted by Crippen LogP contribution is -2.35. The van der Waals surface area contributed by atoms with Gasteiger partial charge >= 0.3 is 5.76 Å². The molecule has 0 bridgehead atoms. The molecule has 1 aromatic rings. The van der Waals surface area contributed by atoms with Gasteiger partial charge in [-0.2, -0.15) is 0 Å². The summed E-state index contributed by atoms with van der Waals surface area (Å²) in [7, 11) is 1.61. The van der Waals surface area contributed by atoms with Crippen LogP contribution in [0, 0.1) is 0 Å². The second-order valence-corrected chi connectivity index (χ2v) is 4.86. The molecule has 0 unspecified atom stereocenters. The van der Waals surface area contributed by atoms with Crippen molar-refractivity contribution >= 4 is 17.3 Å². The summed E-state index contributed by atoms with van der Waals surface area (Å²) >= 11 is 0. The van der Waals surface area contributed by atoms with E-state index in [-0.39, 0.29) is 11.6 Å². The first-order valence-corrected chi connectivity index (χ1v) is 6.63. The van der Waals surface area contributed by atoms with Gasteiger partial charge in [-0.1, -0.05) is 0 Å². The predicted octanol–water partition coefficient (Wildman–Crippen LogP) is 1.45. The molecule has 1 aliphatic heterocycles. The SMILES string of the molecule is CCN1C2=CC(OC)=C(C)CC2=Nc2c1oc(=O)[nH]c2=O. The Kier molecular flexibility index (Phi) is 3.04. The minimum atomic E-state index is -0.786. The van der Waals surface area contributed by atoms with Crippen molar-refractivity contribution in [1.82, 2.24) is 4.98 Å². The standard InChI is InChI=1S/C14H15N3O4/c1-4-17-9-6-10(20-3)7(2)5-8(9)15-11-12(18)16-14(19)21-13(11)17/h6H,4-5H2,1-3H3,(H,16,18,19). The van der Waals surface area contributed by atoms with Crippen molar-refractivity contribution in [2.24, 2.45) is 4.99 Å². The Morgan fingerprint density at radius 1 is 1.48 bits per heavy atom. The van der Waals surface area contributed by atoms with Crippen LogP contribution < -0.4 is 16.2 Å². The van der Waals surface area contributed by atoms with E-state index in [1.165, 1.54) is 0 Å². The second kappa shape index (κ2) is 4.76. The Hall–Kier alpha value is -2.57. The van der Waals surface area contributed by atoms with Gasteiger partial charge in [0.2, 0.25) is 5.88 Å². The van der Waals surface area contributed by atoms with Gasteiger partial charge in [-0.05, 0) is 19.4 Å². The minimum Gasteiger partial charge on any atom is -0.497 e. The molecule has 7 heteroatoms. The number of aromatic amines is 1. The third kappa shape index (κ3) is 2.01. The first-order chi connectivity index (χ1) is 10.0. The monoisotopic (exact) mass is 289 g/mol. The van der Waals surface area contributed by atoms with Crippen LogP contribution in [0.3, 0.4) is 0 Å². The van der Waals surface area contributed by atoms with Crippen LogP contribution in [0.1, 0.15) is 20.3 Å². The van der Waals surface area contributed by atoms with E-state index in [0.29, 0.717) is 13.0 Å². The number of rotatable bonds is 2. The van der Waals surface area contributed by atoms with Crippen LogP contribution in [0.15, 0.2) is 42.1 Å². The lowest BCUT2D eigenvalue weighted by molar-refractivity contribution is 0.300. The van der Waals surface area contributed by atoms with Gasteiger partial charge in [0.15, 0.2) is 5.69 Å². The number of hydrogen-bond acceptors (Lipinski definition) is 6. The average molecular weight is 289 g/mol. The van der Waals surface area contributed by atoms with E-state index in [1.54, 1.807) is 12.0 Å². The molecule has 1 N–H and O–H groups in total. The first-order valence-electron chi connectivity index (χ1n) is 6.63. The highest BCUT2D eigenvalue weighted by atomic mass is 16.5. The normalized spacial score (nSPS) is 17.0. The van der Waals surface area contributed by atoms with Crippen molar-refractivity contribution in [2.45, 2.75) is 20.3 Å². The summed E-state index contributed by atoms with van der Waals surface area (Å²) in [5.41, 5.74) is 2.19. The van der Waals surface area contributed by atoms with E-state index in [2.05, 4.69) is 9.98 Å². The van der Waals surface area contributed by atoms with Crippen LogP contribution in [0.5, 0.6) is 0 Å².